The minimum atomic E-state index is -0.702. The van der Waals surface area contributed by atoms with E-state index in [2.05, 4.69) is 22.9 Å². The van der Waals surface area contributed by atoms with Crippen molar-refractivity contribution >= 4 is 5.97 Å². The molecule has 0 amide bonds. The number of carboxylic acids is 1. The van der Waals surface area contributed by atoms with Crippen molar-refractivity contribution in [2.45, 2.75) is 31.3 Å². The number of aliphatic carboxylic acids is 1. The van der Waals surface area contributed by atoms with Crippen molar-refractivity contribution in [3.8, 4) is 0 Å². The number of hydrogen-bond acceptors (Lipinski definition) is 3. The molecule has 1 N–H and O–H groups in total. The summed E-state index contributed by atoms with van der Waals surface area (Å²) < 4.78 is 0. The lowest BCUT2D eigenvalue weighted by Gasteiger charge is -2.42. The summed E-state index contributed by atoms with van der Waals surface area (Å²) in [6, 6.07) is 8.49. The van der Waals surface area contributed by atoms with Gasteiger partial charge in [-0.3, -0.25) is 9.69 Å². The van der Waals surface area contributed by atoms with Crippen molar-refractivity contribution in [1.29, 1.82) is 0 Å². The number of fused-ring (bicyclic) bond motifs is 1. The molecule has 108 valence electrons. The molecule has 0 spiro atoms. The average molecular weight is 274 g/mol. The van der Waals surface area contributed by atoms with Gasteiger partial charge in [0.05, 0.1) is 5.92 Å². The van der Waals surface area contributed by atoms with Crippen LogP contribution in [0.4, 0.5) is 0 Å². The molecule has 20 heavy (non-hydrogen) atoms. The van der Waals surface area contributed by atoms with Crippen LogP contribution in [0.2, 0.25) is 0 Å². The Morgan fingerprint density at radius 1 is 1.30 bits per heavy atom. The number of carbonyl (C=O) groups is 1. The van der Waals surface area contributed by atoms with Gasteiger partial charge in [-0.05, 0) is 37.6 Å². The number of carboxylic acid groups (broad SMARTS) is 1. The fourth-order valence-corrected chi connectivity index (χ4v) is 3.56. The van der Waals surface area contributed by atoms with Crippen LogP contribution in [-0.4, -0.2) is 53.6 Å². The third-order valence-corrected chi connectivity index (χ3v) is 4.64. The molecule has 4 heteroatoms. The zero-order valence-electron chi connectivity index (χ0n) is 12.0. The fraction of sp³-hybridized carbons (Fsp3) is 0.562. The first-order chi connectivity index (χ1) is 9.65. The number of likely N-dealkylation sites (N-methyl/N-ethyl adjacent to an activating group) is 1. The Labute approximate surface area is 120 Å². The highest BCUT2D eigenvalue weighted by Gasteiger charge is 2.34. The maximum atomic E-state index is 11.6. The van der Waals surface area contributed by atoms with Gasteiger partial charge in [0.1, 0.15) is 0 Å². The van der Waals surface area contributed by atoms with Crippen LogP contribution < -0.4 is 0 Å². The van der Waals surface area contributed by atoms with Crippen LogP contribution in [0.1, 0.15) is 29.9 Å². The Morgan fingerprint density at radius 3 is 2.85 bits per heavy atom. The molecule has 2 atom stereocenters. The molecule has 4 nitrogen and oxygen atoms in total. The highest BCUT2D eigenvalue weighted by molar-refractivity contribution is 5.77. The Hall–Kier alpha value is -1.39. The van der Waals surface area contributed by atoms with Crippen LogP contribution in [0.15, 0.2) is 24.3 Å². The Morgan fingerprint density at radius 2 is 2.10 bits per heavy atom. The summed E-state index contributed by atoms with van der Waals surface area (Å²) in [6.45, 7) is 3.74. The summed E-state index contributed by atoms with van der Waals surface area (Å²) >= 11 is 0. The van der Waals surface area contributed by atoms with Crippen LogP contribution in [-0.2, 0) is 11.3 Å². The van der Waals surface area contributed by atoms with E-state index in [0.717, 1.165) is 25.2 Å². The molecule has 2 unspecified atom stereocenters. The predicted octanol–water partition coefficient (Wildman–Crippen LogP) is 1.76. The van der Waals surface area contributed by atoms with E-state index in [1.165, 1.54) is 18.4 Å². The van der Waals surface area contributed by atoms with Crippen LogP contribution in [0.5, 0.6) is 0 Å². The minimum Gasteiger partial charge on any atom is -0.481 e. The zero-order chi connectivity index (χ0) is 14.1. The number of likely N-dealkylation sites (tertiary alicyclic amines) is 1. The van der Waals surface area contributed by atoms with Gasteiger partial charge in [0, 0.05) is 25.7 Å². The largest absolute Gasteiger partial charge is 0.481 e. The Balaban J connectivity index is 1.84. The second kappa shape index (κ2) is 5.54. The van der Waals surface area contributed by atoms with Gasteiger partial charge in [-0.2, -0.15) is 0 Å². The van der Waals surface area contributed by atoms with E-state index in [1.807, 2.05) is 18.2 Å². The van der Waals surface area contributed by atoms with E-state index in [1.54, 1.807) is 0 Å². The summed E-state index contributed by atoms with van der Waals surface area (Å²) in [5, 5.41) is 9.52. The second-order valence-electron chi connectivity index (χ2n) is 6.08. The summed E-state index contributed by atoms with van der Waals surface area (Å²) in [5.41, 5.74) is 2.18. The molecule has 0 aromatic heterocycles. The number of hydrogen-bond donors (Lipinski definition) is 1. The van der Waals surface area contributed by atoms with Crippen molar-refractivity contribution in [3.63, 3.8) is 0 Å². The first-order valence-electron chi connectivity index (χ1n) is 7.38. The van der Waals surface area contributed by atoms with Gasteiger partial charge in [0.15, 0.2) is 0 Å². The van der Waals surface area contributed by atoms with E-state index in [0.29, 0.717) is 12.6 Å². The van der Waals surface area contributed by atoms with E-state index in [9.17, 15) is 9.90 Å². The molecule has 0 radical (unpaired) electrons. The molecular formula is C16H22N2O2. The fourth-order valence-electron chi connectivity index (χ4n) is 3.56. The standard InChI is InChI=1S/C16H22N2O2/c1-17-8-4-6-13(10-17)18-9-12-5-2-3-7-14(12)15(11-18)16(19)20/h2-3,5,7,13,15H,4,6,8-11H2,1H3,(H,19,20). The molecule has 2 heterocycles. The van der Waals surface area contributed by atoms with Crippen molar-refractivity contribution < 1.29 is 9.90 Å². The highest BCUT2D eigenvalue weighted by atomic mass is 16.4. The summed E-state index contributed by atoms with van der Waals surface area (Å²) in [5.74, 6) is -1.08. The van der Waals surface area contributed by atoms with Crippen LogP contribution >= 0.6 is 0 Å². The molecule has 2 aliphatic heterocycles. The van der Waals surface area contributed by atoms with Crippen molar-refractivity contribution in [3.05, 3.63) is 35.4 Å². The van der Waals surface area contributed by atoms with Crippen molar-refractivity contribution in [2.24, 2.45) is 0 Å². The van der Waals surface area contributed by atoms with E-state index in [4.69, 9.17) is 0 Å². The molecule has 1 saturated heterocycles. The predicted molar refractivity (Wildman–Crippen MR) is 77.7 cm³/mol. The summed E-state index contributed by atoms with van der Waals surface area (Å²) in [7, 11) is 2.15. The Bertz CT molecular complexity index is 503. The molecule has 3 rings (SSSR count). The topological polar surface area (TPSA) is 43.8 Å². The van der Waals surface area contributed by atoms with Gasteiger partial charge in [0.25, 0.3) is 0 Å². The quantitative estimate of drug-likeness (QED) is 0.892. The number of piperidine rings is 1. The van der Waals surface area contributed by atoms with Crippen LogP contribution in [0.3, 0.4) is 0 Å². The lowest BCUT2D eigenvalue weighted by Crippen LogP contribution is -2.49. The third-order valence-electron chi connectivity index (χ3n) is 4.64. The van der Waals surface area contributed by atoms with Gasteiger partial charge in [-0.1, -0.05) is 24.3 Å². The van der Waals surface area contributed by atoms with E-state index >= 15 is 0 Å². The molecule has 0 aliphatic carbocycles. The van der Waals surface area contributed by atoms with Gasteiger partial charge in [-0.25, -0.2) is 0 Å². The Kier molecular flexibility index (Phi) is 3.76. The SMILES string of the molecule is CN1CCCC(N2Cc3ccccc3C(C(=O)O)C2)C1. The summed E-state index contributed by atoms with van der Waals surface area (Å²) in [6.07, 6.45) is 2.38. The highest BCUT2D eigenvalue weighted by Crippen LogP contribution is 2.31. The van der Waals surface area contributed by atoms with Crippen molar-refractivity contribution in [2.75, 3.05) is 26.7 Å². The first-order valence-corrected chi connectivity index (χ1v) is 7.38. The van der Waals surface area contributed by atoms with Gasteiger partial charge in [-0.15, -0.1) is 0 Å². The van der Waals surface area contributed by atoms with Crippen molar-refractivity contribution in [1.82, 2.24) is 9.80 Å². The molecular weight excluding hydrogens is 252 g/mol. The summed E-state index contributed by atoms with van der Waals surface area (Å²) in [4.78, 5) is 16.3. The maximum absolute atomic E-state index is 11.6. The van der Waals surface area contributed by atoms with Crippen LogP contribution in [0.25, 0.3) is 0 Å². The molecule has 2 aliphatic rings. The molecule has 1 fully saturated rings. The average Bonchev–Trinajstić information content (AvgIpc) is 2.46. The minimum absolute atomic E-state index is 0.382. The smallest absolute Gasteiger partial charge is 0.312 e. The molecule has 1 aromatic carbocycles. The number of nitrogens with zero attached hydrogens (tertiary/aromatic N) is 2. The van der Waals surface area contributed by atoms with E-state index in [-0.39, 0.29) is 5.92 Å². The monoisotopic (exact) mass is 274 g/mol. The first kappa shape index (κ1) is 13.6. The van der Waals surface area contributed by atoms with Crippen LogP contribution in [0, 0.1) is 0 Å². The maximum Gasteiger partial charge on any atom is 0.312 e. The second-order valence-corrected chi connectivity index (χ2v) is 6.08. The zero-order valence-corrected chi connectivity index (χ0v) is 12.0. The van der Waals surface area contributed by atoms with Gasteiger partial charge >= 0.3 is 5.97 Å². The van der Waals surface area contributed by atoms with E-state index < -0.39 is 5.97 Å². The molecule has 1 aromatic rings. The number of rotatable bonds is 2. The van der Waals surface area contributed by atoms with Gasteiger partial charge in [0.2, 0.25) is 0 Å². The third kappa shape index (κ3) is 2.58. The lowest BCUT2D eigenvalue weighted by molar-refractivity contribution is -0.140. The normalized spacial score (nSPS) is 28.1. The lowest BCUT2D eigenvalue weighted by atomic mass is 9.88. The molecule has 0 bridgehead atoms. The molecule has 0 saturated carbocycles. The van der Waals surface area contributed by atoms with Gasteiger partial charge < -0.3 is 10.0 Å². The number of benzene rings is 1.